The number of carbonyl (C=O) groups excluding carboxylic acids is 1. The Balaban J connectivity index is 1.87. The van der Waals surface area contributed by atoms with E-state index in [-0.39, 0.29) is 29.7 Å². The van der Waals surface area contributed by atoms with E-state index in [4.69, 9.17) is 0 Å². The predicted molar refractivity (Wildman–Crippen MR) is 99.1 cm³/mol. The van der Waals surface area contributed by atoms with Gasteiger partial charge in [-0.05, 0) is 31.5 Å². The number of pyridine rings is 1. The van der Waals surface area contributed by atoms with Gasteiger partial charge in [-0.3, -0.25) is 18.8 Å². The molecule has 0 saturated heterocycles. The van der Waals surface area contributed by atoms with Crippen molar-refractivity contribution in [3.05, 3.63) is 57.8 Å². The highest BCUT2D eigenvalue weighted by Gasteiger charge is 2.35. The van der Waals surface area contributed by atoms with Gasteiger partial charge in [-0.1, -0.05) is 6.07 Å². The molecule has 0 aliphatic carbocycles. The average Bonchev–Trinajstić information content (AvgIpc) is 3.06. The van der Waals surface area contributed by atoms with Gasteiger partial charge in [0.15, 0.2) is 5.65 Å². The van der Waals surface area contributed by atoms with Crippen molar-refractivity contribution in [3.8, 4) is 0 Å². The SMILES string of the molecule is CCn1cc2c(C(F)(F)F)cc(=O)n(CCC(=O)Nc3ccc(C)c(F)c3)c2n1. The van der Waals surface area contributed by atoms with Crippen LogP contribution in [0, 0.1) is 12.7 Å². The maximum atomic E-state index is 13.6. The lowest BCUT2D eigenvalue weighted by molar-refractivity contribution is -0.136. The van der Waals surface area contributed by atoms with Gasteiger partial charge < -0.3 is 5.32 Å². The molecule has 1 aromatic carbocycles. The van der Waals surface area contributed by atoms with Gasteiger partial charge in [0.1, 0.15) is 5.82 Å². The van der Waals surface area contributed by atoms with Crippen molar-refractivity contribution in [2.45, 2.75) is 39.5 Å². The molecule has 0 fully saturated rings. The predicted octanol–water partition coefficient (Wildman–Crippen LogP) is 3.71. The normalized spacial score (nSPS) is 11.8. The molecule has 10 heteroatoms. The molecule has 0 spiro atoms. The molecule has 1 N–H and O–H groups in total. The second kappa shape index (κ2) is 7.69. The quantitative estimate of drug-likeness (QED) is 0.652. The fraction of sp³-hybridized carbons (Fsp3) is 0.316. The Kier molecular flexibility index (Phi) is 5.45. The molecule has 0 saturated carbocycles. The van der Waals surface area contributed by atoms with Crippen LogP contribution < -0.4 is 10.9 Å². The smallest absolute Gasteiger partial charge is 0.326 e. The Hall–Kier alpha value is -3.17. The maximum Gasteiger partial charge on any atom is 0.417 e. The topological polar surface area (TPSA) is 68.9 Å². The number of hydrogen-bond donors (Lipinski definition) is 1. The first-order chi connectivity index (χ1) is 13.6. The highest BCUT2D eigenvalue weighted by atomic mass is 19.4. The molecule has 2 aromatic heterocycles. The van der Waals surface area contributed by atoms with E-state index in [0.29, 0.717) is 18.2 Å². The summed E-state index contributed by atoms with van der Waals surface area (Å²) in [6.07, 6.45) is -3.68. The highest BCUT2D eigenvalue weighted by molar-refractivity contribution is 5.90. The van der Waals surface area contributed by atoms with Gasteiger partial charge >= 0.3 is 6.18 Å². The maximum absolute atomic E-state index is 13.6. The molecule has 3 aromatic rings. The van der Waals surface area contributed by atoms with Crippen LogP contribution in [-0.4, -0.2) is 20.3 Å². The van der Waals surface area contributed by atoms with Gasteiger partial charge in [-0.15, -0.1) is 0 Å². The number of aryl methyl sites for hydroxylation is 3. The number of halogens is 4. The molecule has 0 atom stereocenters. The van der Waals surface area contributed by atoms with E-state index in [1.165, 1.54) is 29.1 Å². The number of nitrogens with zero attached hydrogens (tertiary/aromatic N) is 3. The summed E-state index contributed by atoms with van der Waals surface area (Å²) in [6, 6.07) is 4.71. The summed E-state index contributed by atoms with van der Waals surface area (Å²) in [7, 11) is 0. The van der Waals surface area contributed by atoms with Crippen LogP contribution in [0.1, 0.15) is 24.5 Å². The van der Waals surface area contributed by atoms with Crippen LogP contribution in [0.25, 0.3) is 11.0 Å². The Morgan fingerprint density at radius 1 is 1.24 bits per heavy atom. The Labute approximate surface area is 162 Å². The zero-order chi connectivity index (χ0) is 21.3. The van der Waals surface area contributed by atoms with Crippen molar-refractivity contribution < 1.29 is 22.4 Å². The first kappa shape index (κ1) is 20.6. The molecule has 2 heterocycles. The molecule has 154 valence electrons. The molecule has 29 heavy (non-hydrogen) atoms. The Morgan fingerprint density at radius 2 is 1.97 bits per heavy atom. The lowest BCUT2D eigenvalue weighted by atomic mass is 10.2. The second-order valence-corrected chi connectivity index (χ2v) is 6.53. The fourth-order valence-corrected chi connectivity index (χ4v) is 2.90. The average molecular weight is 410 g/mol. The van der Waals surface area contributed by atoms with E-state index < -0.39 is 29.0 Å². The summed E-state index contributed by atoms with van der Waals surface area (Å²) in [5.41, 5.74) is -1.43. The van der Waals surface area contributed by atoms with E-state index in [1.54, 1.807) is 13.8 Å². The third-order valence-electron chi connectivity index (χ3n) is 4.47. The van der Waals surface area contributed by atoms with Crippen LogP contribution in [0.15, 0.2) is 35.3 Å². The summed E-state index contributed by atoms with van der Waals surface area (Å²) < 4.78 is 55.7. The van der Waals surface area contributed by atoms with Crippen molar-refractivity contribution in [1.82, 2.24) is 14.3 Å². The summed E-state index contributed by atoms with van der Waals surface area (Å²) in [5, 5.41) is 6.34. The second-order valence-electron chi connectivity index (χ2n) is 6.53. The number of amides is 1. The van der Waals surface area contributed by atoms with Crippen molar-refractivity contribution in [2.24, 2.45) is 0 Å². The molecule has 0 unspecified atom stereocenters. The van der Waals surface area contributed by atoms with E-state index in [0.717, 1.165) is 4.57 Å². The molecule has 3 rings (SSSR count). The van der Waals surface area contributed by atoms with Gasteiger partial charge in [0.25, 0.3) is 5.56 Å². The van der Waals surface area contributed by atoms with Gasteiger partial charge in [-0.2, -0.15) is 18.3 Å². The van der Waals surface area contributed by atoms with E-state index in [1.807, 2.05) is 0 Å². The minimum absolute atomic E-state index is 0.138. The minimum Gasteiger partial charge on any atom is -0.326 e. The Bertz CT molecular complexity index is 1130. The molecule has 1 amide bonds. The van der Waals surface area contributed by atoms with Crippen LogP contribution in [0.3, 0.4) is 0 Å². The molecular formula is C19H18F4N4O2. The number of carbonyl (C=O) groups is 1. The van der Waals surface area contributed by atoms with Crippen molar-refractivity contribution in [3.63, 3.8) is 0 Å². The standard InChI is InChI=1S/C19H18F4N4O2/c1-3-26-10-13-14(19(21,22)23)9-17(29)27(18(13)25-26)7-6-16(28)24-12-5-4-11(2)15(20)8-12/h4-5,8-10H,3,6-7H2,1-2H3,(H,24,28). The lowest BCUT2D eigenvalue weighted by Crippen LogP contribution is -2.25. The van der Waals surface area contributed by atoms with Crippen molar-refractivity contribution in [2.75, 3.05) is 5.32 Å². The zero-order valence-electron chi connectivity index (χ0n) is 15.7. The van der Waals surface area contributed by atoms with Crippen LogP contribution in [0.2, 0.25) is 0 Å². The Morgan fingerprint density at radius 3 is 2.59 bits per heavy atom. The number of anilines is 1. The number of hydrogen-bond acceptors (Lipinski definition) is 3. The van der Waals surface area contributed by atoms with Crippen LogP contribution in [-0.2, 0) is 24.1 Å². The number of nitrogens with one attached hydrogen (secondary N) is 1. The molecule has 0 aliphatic rings. The van der Waals surface area contributed by atoms with E-state index in [9.17, 15) is 27.2 Å². The zero-order valence-corrected chi connectivity index (χ0v) is 15.7. The molecular weight excluding hydrogens is 392 g/mol. The van der Waals surface area contributed by atoms with Crippen LogP contribution in [0.5, 0.6) is 0 Å². The van der Waals surface area contributed by atoms with E-state index in [2.05, 4.69) is 10.4 Å². The fourth-order valence-electron chi connectivity index (χ4n) is 2.90. The van der Waals surface area contributed by atoms with Crippen LogP contribution >= 0.6 is 0 Å². The molecule has 0 aliphatic heterocycles. The van der Waals surface area contributed by atoms with Crippen molar-refractivity contribution >= 4 is 22.6 Å². The van der Waals surface area contributed by atoms with Gasteiger partial charge in [0.2, 0.25) is 5.91 Å². The van der Waals surface area contributed by atoms with Crippen molar-refractivity contribution in [1.29, 1.82) is 0 Å². The summed E-state index contributed by atoms with van der Waals surface area (Å²) in [4.78, 5) is 24.4. The molecule has 6 nitrogen and oxygen atoms in total. The number of benzene rings is 1. The molecule has 0 bridgehead atoms. The first-order valence-electron chi connectivity index (χ1n) is 8.84. The third kappa shape index (κ3) is 4.30. The van der Waals surface area contributed by atoms with E-state index >= 15 is 0 Å². The van der Waals surface area contributed by atoms with Gasteiger partial charge in [0, 0.05) is 42.8 Å². The van der Waals surface area contributed by atoms with Crippen LogP contribution in [0.4, 0.5) is 23.2 Å². The lowest BCUT2D eigenvalue weighted by Gasteiger charge is -2.12. The minimum atomic E-state index is -4.70. The summed E-state index contributed by atoms with van der Waals surface area (Å²) in [5.74, 6) is -0.989. The summed E-state index contributed by atoms with van der Waals surface area (Å²) in [6.45, 7) is 3.43. The van der Waals surface area contributed by atoms with Gasteiger partial charge in [-0.25, -0.2) is 4.39 Å². The number of fused-ring (bicyclic) bond motifs is 1. The molecule has 0 radical (unpaired) electrons. The highest BCUT2D eigenvalue weighted by Crippen LogP contribution is 2.33. The van der Waals surface area contributed by atoms with Gasteiger partial charge in [0.05, 0.1) is 5.56 Å². The largest absolute Gasteiger partial charge is 0.417 e. The number of aromatic nitrogens is 3. The number of alkyl halides is 3. The third-order valence-corrected chi connectivity index (χ3v) is 4.47. The summed E-state index contributed by atoms with van der Waals surface area (Å²) >= 11 is 0. The first-order valence-corrected chi connectivity index (χ1v) is 8.84. The monoisotopic (exact) mass is 410 g/mol. The number of rotatable bonds is 5.